The Morgan fingerprint density at radius 1 is 1.00 bits per heavy atom. The van der Waals surface area contributed by atoms with Crippen LogP contribution in [0.3, 0.4) is 0 Å². The van der Waals surface area contributed by atoms with E-state index in [0.29, 0.717) is 13.1 Å². The Balaban J connectivity index is 1.71. The van der Waals surface area contributed by atoms with E-state index in [9.17, 15) is 9.59 Å². The van der Waals surface area contributed by atoms with Crippen LogP contribution in [0.4, 0.5) is 0 Å². The first-order chi connectivity index (χ1) is 12.2. The van der Waals surface area contributed by atoms with E-state index in [1.807, 2.05) is 30.3 Å². The Hall–Kier alpha value is -3.21. The fourth-order valence-corrected chi connectivity index (χ4v) is 3.36. The predicted molar refractivity (Wildman–Crippen MR) is 94.3 cm³/mol. The topological polar surface area (TPSA) is 66.1 Å². The Morgan fingerprint density at radius 3 is 2.52 bits per heavy atom. The summed E-state index contributed by atoms with van der Waals surface area (Å²) in [5.74, 6) is -0.0513. The van der Waals surface area contributed by atoms with E-state index in [1.165, 1.54) is 23.3 Å². The molecule has 1 aromatic heterocycles. The van der Waals surface area contributed by atoms with Gasteiger partial charge in [-0.2, -0.15) is 5.10 Å². The molecule has 5 nitrogen and oxygen atoms in total. The number of rotatable bonds is 2. The van der Waals surface area contributed by atoms with Crippen LogP contribution in [0.15, 0.2) is 71.5 Å². The van der Waals surface area contributed by atoms with E-state index in [1.54, 1.807) is 4.90 Å². The number of carbonyl (C=O) groups is 1. The molecule has 2 heterocycles. The van der Waals surface area contributed by atoms with E-state index in [2.05, 4.69) is 34.5 Å². The molecule has 124 valence electrons. The lowest BCUT2D eigenvalue weighted by Gasteiger charge is -2.34. The molecule has 1 atom stereocenters. The van der Waals surface area contributed by atoms with E-state index in [0.717, 1.165) is 5.56 Å². The maximum atomic E-state index is 12.8. The predicted octanol–water partition coefficient (Wildman–Crippen LogP) is 2.56. The number of nitrogens with zero attached hydrogens (tertiary/aromatic N) is 2. The zero-order valence-corrected chi connectivity index (χ0v) is 13.6. The summed E-state index contributed by atoms with van der Waals surface area (Å²) >= 11 is 0. The summed E-state index contributed by atoms with van der Waals surface area (Å²) in [6.45, 7) is 1.12. The lowest BCUT2D eigenvalue weighted by atomic mass is 9.84. The van der Waals surface area contributed by atoms with Crippen molar-refractivity contribution in [3.63, 3.8) is 0 Å². The molecule has 1 amide bonds. The molecule has 0 saturated heterocycles. The number of amides is 1. The number of carbonyl (C=O) groups excluding carboxylic acids is 1. The number of benzene rings is 2. The van der Waals surface area contributed by atoms with Crippen molar-refractivity contribution in [3.8, 4) is 0 Å². The average molecular weight is 331 g/mol. The van der Waals surface area contributed by atoms with E-state index >= 15 is 0 Å². The van der Waals surface area contributed by atoms with Gasteiger partial charge >= 0.3 is 0 Å². The molecule has 0 bridgehead atoms. The lowest BCUT2D eigenvalue weighted by Crippen LogP contribution is -2.39. The van der Waals surface area contributed by atoms with Crippen LogP contribution in [0, 0.1) is 0 Å². The van der Waals surface area contributed by atoms with Crippen LogP contribution in [-0.2, 0) is 6.54 Å². The summed E-state index contributed by atoms with van der Waals surface area (Å²) in [4.78, 5) is 25.8. The highest BCUT2D eigenvalue weighted by Gasteiger charge is 2.29. The maximum absolute atomic E-state index is 12.8. The van der Waals surface area contributed by atoms with Crippen LogP contribution in [0.5, 0.6) is 0 Å². The van der Waals surface area contributed by atoms with Crippen molar-refractivity contribution >= 4 is 5.91 Å². The minimum atomic E-state index is -0.317. The molecule has 0 saturated carbocycles. The van der Waals surface area contributed by atoms with Gasteiger partial charge in [0.15, 0.2) is 0 Å². The van der Waals surface area contributed by atoms with E-state index < -0.39 is 0 Å². The molecule has 0 fully saturated rings. The van der Waals surface area contributed by atoms with Crippen molar-refractivity contribution in [2.45, 2.75) is 12.5 Å². The van der Waals surface area contributed by atoms with Gasteiger partial charge in [0.05, 0.1) is 0 Å². The van der Waals surface area contributed by atoms with Gasteiger partial charge in [0.2, 0.25) is 0 Å². The van der Waals surface area contributed by atoms with Crippen molar-refractivity contribution < 1.29 is 4.79 Å². The van der Waals surface area contributed by atoms with Crippen molar-refractivity contribution in [2.75, 3.05) is 6.54 Å². The second-order valence-corrected chi connectivity index (χ2v) is 6.15. The third-order valence-electron chi connectivity index (χ3n) is 4.58. The number of hydrogen-bond donors (Lipinski definition) is 1. The second kappa shape index (κ2) is 6.36. The number of aromatic amines is 1. The van der Waals surface area contributed by atoms with Crippen LogP contribution in [-0.4, -0.2) is 27.5 Å². The number of H-pyrrole nitrogens is 1. The number of nitrogens with one attached hydrogen (secondary N) is 1. The van der Waals surface area contributed by atoms with E-state index in [-0.39, 0.29) is 23.1 Å². The molecule has 5 heteroatoms. The van der Waals surface area contributed by atoms with Gasteiger partial charge in [-0.3, -0.25) is 9.59 Å². The van der Waals surface area contributed by atoms with Crippen LogP contribution < -0.4 is 5.56 Å². The number of fused-ring (bicyclic) bond motifs is 1. The first-order valence-corrected chi connectivity index (χ1v) is 8.20. The quantitative estimate of drug-likeness (QED) is 0.785. The average Bonchev–Trinajstić information content (AvgIpc) is 2.68. The van der Waals surface area contributed by atoms with Gasteiger partial charge in [-0.05, 0) is 22.8 Å². The minimum Gasteiger partial charge on any atom is -0.332 e. The first-order valence-electron chi connectivity index (χ1n) is 8.20. The number of hydrogen-bond acceptors (Lipinski definition) is 3. The molecule has 2 aromatic carbocycles. The maximum Gasteiger partial charge on any atom is 0.274 e. The molecular weight excluding hydrogens is 314 g/mol. The number of aromatic nitrogens is 2. The third-order valence-corrected chi connectivity index (χ3v) is 4.58. The van der Waals surface area contributed by atoms with Gasteiger partial charge in [0.25, 0.3) is 11.5 Å². The van der Waals surface area contributed by atoms with Crippen LogP contribution in [0.2, 0.25) is 0 Å². The van der Waals surface area contributed by atoms with Gasteiger partial charge < -0.3 is 4.90 Å². The third kappa shape index (κ3) is 2.96. The fraction of sp³-hybridized carbons (Fsp3) is 0.150. The van der Waals surface area contributed by atoms with Crippen LogP contribution in [0.25, 0.3) is 0 Å². The smallest absolute Gasteiger partial charge is 0.274 e. The lowest BCUT2D eigenvalue weighted by molar-refractivity contribution is 0.0717. The van der Waals surface area contributed by atoms with E-state index in [4.69, 9.17) is 0 Å². The molecule has 1 aliphatic rings. The zero-order valence-electron chi connectivity index (χ0n) is 13.6. The molecule has 0 spiro atoms. The molecule has 1 N–H and O–H groups in total. The summed E-state index contributed by atoms with van der Waals surface area (Å²) in [5, 5.41) is 6.21. The standard InChI is InChI=1S/C20H17N3O2/c24-19-11-10-18(21-22-19)20(25)23-12-15-8-4-5-9-16(15)17(13-23)14-6-2-1-3-7-14/h1-11,17H,12-13H2,(H,22,24)/t17-/m0/s1. The Bertz CT molecular complexity index is 945. The summed E-state index contributed by atoms with van der Waals surface area (Å²) < 4.78 is 0. The van der Waals surface area contributed by atoms with Gasteiger partial charge in [0, 0.05) is 25.1 Å². The molecule has 3 aromatic rings. The zero-order chi connectivity index (χ0) is 17.2. The highest BCUT2D eigenvalue weighted by molar-refractivity contribution is 5.92. The van der Waals surface area contributed by atoms with Gasteiger partial charge in [-0.25, -0.2) is 5.10 Å². The summed E-state index contributed by atoms with van der Waals surface area (Å²) in [7, 11) is 0. The van der Waals surface area contributed by atoms with Crippen molar-refractivity contribution in [2.24, 2.45) is 0 Å². The van der Waals surface area contributed by atoms with Crippen molar-refractivity contribution in [3.05, 3.63) is 99.5 Å². The second-order valence-electron chi connectivity index (χ2n) is 6.15. The Morgan fingerprint density at radius 2 is 1.76 bits per heavy atom. The Labute approximate surface area is 144 Å². The van der Waals surface area contributed by atoms with Crippen molar-refractivity contribution in [1.82, 2.24) is 15.1 Å². The largest absolute Gasteiger partial charge is 0.332 e. The highest BCUT2D eigenvalue weighted by Crippen LogP contribution is 2.33. The van der Waals surface area contributed by atoms with Crippen LogP contribution >= 0.6 is 0 Å². The summed E-state index contributed by atoms with van der Waals surface area (Å²) in [5.41, 5.74) is 3.52. The van der Waals surface area contributed by atoms with Crippen molar-refractivity contribution in [1.29, 1.82) is 0 Å². The molecule has 0 radical (unpaired) electrons. The Kier molecular flexibility index (Phi) is 3.90. The SMILES string of the molecule is O=C(c1ccc(=O)[nH]n1)N1Cc2ccccc2[C@H](c2ccccc2)C1. The summed E-state index contributed by atoms with van der Waals surface area (Å²) in [6, 6.07) is 21.2. The minimum absolute atomic E-state index is 0.123. The fourth-order valence-electron chi connectivity index (χ4n) is 3.36. The molecule has 25 heavy (non-hydrogen) atoms. The molecule has 0 unspecified atom stereocenters. The van der Waals surface area contributed by atoms with Gasteiger partial charge in [-0.1, -0.05) is 54.6 Å². The normalized spacial score (nSPS) is 16.3. The monoisotopic (exact) mass is 331 g/mol. The molecule has 1 aliphatic heterocycles. The summed E-state index contributed by atoms with van der Waals surface area (Å²) in [6.07, 6.45) is 0. The molecular formula is C20H17N3O2. The first kappa shape index (κ1) is 15.3. The highest BCUT2D eigenvalue weighted by atomic mass is 16.2. The van der Waals surface area contributed by atoms with Gasteiger partial charge in [0.1, 0.15) is 5.69 Å². The molecule has 0 aliphatic carbocycles. The molecule has 4 rings (SSSR count). The van der Waals surface area contributed by atoms with Gasteiger partial charge in [-0.15, -0.1) is 0 Å². The van der Waals surface area contributed by atoms with Crippen LogP contribution in [0.1, 0.15) is 33.1 Å².